The van der Waals surface area contributed by atoms with E-state index in [1.54, 1.807) is 50.2 Å². The molecule has 2 N–H and O–H groups in total. The molecule has 0 aliphatic carbocycles. The summed E-state index contributed by atoms with van der Waals surface area (Å²) in [5.41, 5.74) is 2.71. The average molecular weight is 525 g/mol. The first-order valence-electron chi connectivity index (χ1n) is 11.6. The van der Waals surface area contributed by atoms with E-state index < -0.39 is 10.0 Å². The van der Waals surface area contributed by atoms with E-state index in [9.17, 15) is 18.0 Å². The van der Waals surface area contributed by atoms with Gasteiger partial charge in [0, 0.05) is 27.6 Å². The number of nitrogens with one attached hydrogen (secondary N) is 2. The van der Waals surface area contributed by atoms with Crippen LogP contribution in [0.25, 0.3) is 0 Å². The molecule has 36 heavy (non-hydrogen) atoms. The molecule has 3 aromatic rings. The minimum Gasteiger partial charge on any atom is -0.325 e. The third-order valence-electron chi connectivity index (χ3n) is 5.65. The van der Waals surface area contributed by atoms with Crippen molar-refractivity contribution in [3.8, 4) is 0 Å². The van der Waals surface area contributed by atoms with Crippen LogP contribution < -0.4 is 10.0 Å². The van der Waals surface area contributed by atoms with Crippen LogP contribution in [0.1, 0.15) is 56.1 Å². The number of sulfonamides is 1. The van der Waals surface area contributed by atoms with Crippen LogP contribution in [0.4, 0.5) is 11.4 Å². The van der Waals surface area contributed by atoms with Gasteiger partial charge in [-0.1, -0.05) is 71.0 Å². The van der Waals surface area contributed by atoms with Gasteiger partial charge in [0.25, 0.3) is 10.0 Å². The van der Waals surface area contributed by atoms with Crippen molar-refractivity contribution in [1.82, 2.24) is 0 Å². The second kappa shape index (κ2) is 10.9. The quantitative estimate of drug-likeness (QED) is 0.265. The fourth-order valence-electron chi connectivity index (χ4n) is 3.46. The predicted octanol–water partition coefficient (Wildman–Crippen LogP) is 6.33. The molecule has 0 atom stereocenters. The number of amides is 1. The molecule has 0 saturated carbocycles. The summed E-state index contributed by atoms with van der Waals surface area (Å²) in [5, 5.41) is 2.80. The number of anilines is 2. The molecule has 3 rings (SSSR count). The zero-order chi connectivity index (χ0) is 26.7. The van der Waals surface area contributed by atoms with Gasteiger partial charge in [0.2, 0.25) is 5.91 Å². The van der Waals surface area contributed by atoms with Crippen molar-refractivity contribution >= 4 is 44.9 Å². The lowest BCUT2D eigenvalue weighted by atomic mass is 9.86. The summed E-state index contributed by atoms with van der Waals surface area (Å²) in [6.07, 6.45) is 1.85. The zero-order valence-electron chi connectivity index (χ0n) is 21.4. The van der Waals surface area contributed by atoms with Crippen molar-refractivity contribution in [2.24, 2.45) is 5.92 Å². The minimum absolute atomic E-state index is 0.00820. The van der Waals surface area contributed by atoms with Crippen LogP contribution in [0.15, 0.2) is 76.5 Å². The van der Waals surface area contributed by atoms with Gasteiger partial charge >= 0.3 is 0 Å². The van der Waals surface area contributed by atoms with Crippen molar-refractivity contribution in [3.63, 3.8) is 0 Å². The van der Waals surface area contributed by atoms with Crippen LogP contribution in [-0.4, -0.2) is 26.4 Å². The normalized spacial score (nSPS) is 11.9. The average Bonchev–Trinajstić information content (AvgIpc) is 2.83. The molecule has 0 heterocycles. The van der Waals surface area contributed by atoms with E-state index in [-0.39, 0.29) is 33.6 Å². The van der Waals surface area contributed by atoms with Crippen LogP contribution in [0, 0.1) is 5.92 Å². The smallest absolute Gasteiger partial charge is 0.261 e. The Morgan fingerprint density at radius 3 is 2.14 bits per heavy atom. The van der Waals surface area contributed by atoms with Crippen molar-refractivity contribution < 1.29 is 18.0 Å². The maximum Gasteiger partial charge on any atom is 0.261 e. The lowest BCUT2D eigenvalue weighted by Crippen LogP contribution is -2.19. The van der Waals surface area contributed by atoms with E-state index in [0.717, 1.165) is 10.5 Å². The van der Waals surface area contributed by atoms with E-state index in [1.165, 1.54) is 30.0 Å². The summed E-state index contributed by atoms with van der Waals surface area (Å²) in [5.74, 6) is -0.642. The molecule has 0 unspecified atom stereocenters. The van der Waals surface area contributed by atoms with Crippen LogP contribution >= 0.6 is 11.8 Å². The fourth-order valence-corrected chi connectivity index (χ4v) is 5.06. The van der Waals surface area contributed by atoms with Crippen molar-refractivity contribution in [3.05, 3.63) is 83.4 Å². The Labute approximate surface area is 218 Å². The molecule has 0 saturated heterocycles. The summed E-state index contributed by atoms with van der Waals surface area (Å²) in [7, 11) is -3.97. The second-order valence-corrected chi connectivity index (χ2v) is 12.4. The summed E-state index contributed by atoms with van der Waals surface area (Å²) >= 11 is 1.41. The first kappa shape index (κ1) is 27.5. The number of hydrogen-bond acceptors (Lipinski definition) is 5. The Balaban J connectivity index is 1.85. The molecule has 0 aliphatic rings. The Hall–Kier alpha value is -3.10. The van der Waals surface area contributed by atoms with E-state index in [0.29, 0.717) is 16.8 Å². The van der Waals surface area contributed by atoms with Crippen molar-refractivity contribution in [2.45, 2.75) is 49.8 Å². The number of hydrogen-bond donors (Lipinski definition) is 2. The Morgan fingerprint density at radius 1 is 0.889 bits per heavy atom. The van der Waals surface area contributed by atoms with Gasteiger partial charge in [0.05, 0.1) is 10.6 Å². The number of carbonyl (C=O) groups excluding carboxylic acids is 2. The van der Waals surface area contributed by atoms with Gasteiger partial charge in [-0.2, -0.15) is 0 Å². The first-order chi connectivity index (χ1) is 16.8. The Morgan fingerprint density at radius 2 is 1.56 bits per heavy atom. The molecule has 0 bridgehead atoms. The molecule has 0 aliphatic heterocycles. The Kier molecular flexibility index (Phi) is 8.31. The largest absolute Gasteiger partial charge is 0.325 e. The van der Waals surface area contributed by atoms with Crippen molar-refractivity contribution in [2.75, 3.05) is 16.3 Å². The van der Waals surface area contributed by atoms with Gasteiger partial charge in [0.15, 0.2) is 5.78 Å². The standard InChI is InChI=1S/C28H32N2O4S2/c1-18(2)27(32)29-24-17-23(14-15-25(24)35-6)36(33,34)30-22-9-7-8-20(16-22)26(31)19-10-12-21(13-11-19)28(3,4)5/h7-18,30H,1-6H3,(H,29,32). The van der Waals surface area contributed by atoms with Gasteiger partial charge in [-0.05, 0) is 47.6 Å². The van der Waals surface area contributed by atoms with Gasteiger partial charge in [-0.25, -0.2) is 8.42 Å². The zero-order valence-corrected chi connectivity index (χ0v) is 23.0. The van der Waals surface area contributed by atoms with Crippen LogP contribution in [0.3, 0.4) is 0 Å². The highest BCUT2D eigenvalue weighted by molar-refractivity contribution is 7.98. The minimum atomic E-state index is -3.97. The molecular weight excluding hydrogens is 492 g/mol. The number of rotatable bonds is 8. The third kappa shape index (κ3) is 6.56. The summed E-state index contributed by atoms with van der Waals surface area (Å²) in [6, 6.07) is 18.5. The van der Waals surface area contributed by atoms with Crippen LogP contribution in [0.2, 0.25) is 0 Å². The number of thioether (sulfide) groups is 1. The molecule has 0 radical (unpaired) electrons. The highest BCUT2D eigenvalue weighted by Gasteiger charge is 2.20. The lowest BCUT2D eigenvalue weighted by Gasteiger charge is -2.19. The van der Waals surface area contributed by atoms with Crippen molar-refractivity contribution in [1.29, 1.82) is 0 Å². The molecule has 3 aromatic carbocycles. The summed E-state index contributed by atoms with van der Waals surface area (Å²) in [6.45, 7) is 9.85. The van der Waals surface area contributed by atoms with Gasteiger partial charge < -0.3 is 5.32 Å². The van der Waals surface area contributed by atoms with E-state index >= 15 is 0 Å². The predicted molar refractivity (Wildman–Crippen MR) is 148 cm³/mol. The topological polar surface area (TPSA) is 92.3 Å². The second-order valence-electron chi connectivity index (χ2n) is 9.85. The summed E-state index contributed by atoms with van der Waals surface area (Å²) in [4.78, 5) is 26.0. The molecule has 8 heteroatoms. The van der Waals surface area contributed by atoms with E-state index in [4.69, 9.17) is 0 Å². The molecule has 0 aromatic heterocycles. The molecule has 0 fully saturated rings. The van der Waals surface area contributed by atoms with Crippen LogP contribution in [-0.2, 0) is 20.2 Å². The van der Waals surface area contributed by atoms with Gasteiger partial charge in [0.1, 0.15) is 0 Å². The maximum atomic E-state index is 13.1. The molecular formula is C28H32N2O4S2. The number of carbonyl (C=O) groups is 2. The highest BCUT2D eigenvalue weighted by Crippen LogP contribution is 2.30. The van der Waals surface area contributed by atoms with E-state index in [2.05, 4.69) is 30.8 Å². The third-order valence-corrected chi connectivity index (χ3v) is 7.83. The van der Waals surface area contributed by atoms with E-state index in [1.807, 2.05) is 18.4 Å². The van der Waals surface area contributed by atoms with Gasteiger partial charge in [-0.15, -0.1) is 11.8 Å². The number of benzene rings is 3. The molecule has 0 spiro atoms. The first-order valence-corrected chi connectivity index (χ1v) is 14.3. The monoisotopic (exact) mass is 524 g/mol. The summed E-state index contributed by atoms with van der Waals surface area (Å²) < 4.78 is 28.8. The molecule has 6 nitrogen and oxygen atoms in total. The SMILES string of the molecule is CSc1ccc(S(=O)(=O)Nc2cccc(C(=O)c3ccc(C(C)(C)C)cc3)c2)cc1NC(=O)C(C)C. The number of ketones is 1. The van der Waals surface area contributed by atoms with Crippen LogP contribution in [0.5, 0.6) is 0 Å². The molecule has 190 valence electrons. The highest BCUT2D eigenvalue weighted by atomic mass is 32.2. The Bertz CT molecular complexity index is 1370. The lowest BCUT2D eigenvalue weighted by molar-refractivity contribution is -0.118. The fraction of sp³-hybridized carbons (Fsp3) is 0.286. The maximum absolute atomic E-state index is 13.1. The molecule has 1 amide bonds. The van der Waals surface area contributed by atoms with Gasteiger partial charge in [-0.3, -0.25) is 14.3 Å².